The summed E-state index contributed by atoms with van der Waals surface area (Å²) in [5.41, 5.74) is 0.403. The molecule has 21 heavy (non-hydrogen) atoms. The molecule has 0 fully saturated rings. The quantitative estimate of drug-likeness (QED) is 0.561. The summed E-state index contributed by atoms with van der Waals surface area (Å²) in [6.45, 7) is 0. The highest BCUT2D eigenvalue weighted by Crippen LogP contribution is 2.10. The second-order valence-corrected chi connectivity index (χ2v) is 4.15. The fourth-order valence-electron chi connectivity index (χ4n) is 1.33. The highest BCUT2D eigenvalue weighted by atomic mass is 16.4. The number of carboxylic acid groups (broad SMARTS) is 3. The molecule has 0 amide bonds. The van der Waals surface area contributed by atoms with E-state index in [0.717, 1.165) is 0 Å². The number of carboxylic acids is 3. The number of aliphatic hydroxyl groups excluding tert-OH is 1. The zero-order chi connectivity index (χ0) is 16.3. The van der Waals surface area contributed by atoms with Gasteiger partial charge in [0.1, 0.15) is 0 Å². The molecule has 0 heterocycles. The van der Waals surface area contributed by atoms with Crippen molar-refractivity contribution in [2.24, 2.45) is 0 Å². The first-order chi connectivity index (χ1) is 9.84. The van der Waals surface area contributed by atoms with Gasteiger partial charge in [-0.05, 0) is 18.4 Å². The van der Waals surface area contributed by atoms with Crippen molar-refractivity contribution in [1.82, 2.24) is 0 Å². The van der Waals surface area contributed by atoms with Gasteiger partial charge in [0.15, 0.2) is 6.10 Å². The minimum absolute atomic E-state index is 0.0628. The molecule has 0 radical (unpaired) electrons. The van der Waals surface area contributed by atoms with E-state index in [2.05, 4.69) is 0 Å². The van der Waals surface area contributed by atoms with E-state index in [1.807, 2.05) is 0 Å². The van der Waals surface area contributed by atoms with Crippen molar-refractivity contribution in [1.29, 1.82) is 0 Å². The third-order valence-corrected chi connectivity index (χ3v) is 2.38. The fraction of sp³-hybridized carbons (Fsp3) is 0.357. The predicted octanol–water partition coefficient (Wildman–Crippen LogP) is 1.52. The standard InChI is InChI=1S/C8H8O3.C6H10O4/c9-7(8(10)11)6-4-2-1-3-5-6;7-5(8)3-1-2-4-6(9)10/h1-5,7,9H,(H,10,11);1-4H2,(H,7,8)(H,9,10). The van der Waals surface area contributed by atoms with E-state index in [1.165, 1.54) is 0 Å². The van der Waals surface area contributed by atoms with Crippen LogP contribution in [0.2, 0.25) is 0 Å². The topological polar surface area (TPSA) is 132 Å². The average molecular weight is 298 g/mol. The van der Waals surface area contributed by atoms with Crippen LogP contribution >= 0.6 is 0 Å². The normalized spacial score (nSPS) is 10.9. The Morgan fingerprint density at radius 1 is 0.857 bits per heavy atom. The molecule has 0 aromatic heterocycles. The molecule has 0 saturated carbocycles. The monoisotopic (exact) mass is 298 g/mol. The minimum atomic E-state index is -1.41. The van der Waals surface area contributed by atoms with Gasteiger partial charge in [0.25, 0.3) is 0 Å². The lowest BCUT2D eigenvalue weighted by Gasteiger charge is -2.03. The number of carbonyl (C=O) groups is 3. The second kappa shape index (κ2) is 10.4. The van der Waals surface area contributed by atoms with Crippen LogP contribution in [-0.2, 0) is 14.4 Å². The van der Waals surface area contributed by atoms with Gasteiger partial charge in [-0.25, -0.2) is 4.79 Å². The largest absolute Gasteiger partial charge is 0.481 e. The number of benzene rings is 1. The molecule has 0 aliphatic carbocycles. The summed E-state index contributed by atoms with van der Waals surface area (Å²) >= 11 is 0. The van der Waals surface area contributed by atoms with Crippen LogP contribution in [0, 0.1) is 0 Å². The fourth-order valence-corrected chi connectivity index (χ4v) is 1.33. The molecule has 0 aliphatic rings. The van der Waals surface area contributed by atoms with Crippen molar-refractivity contribution in [3.63, 3.8) is 0 Å². The lowest BCUT2D eigenvalue weighted by Crippen LogP contribution is -2.09. The van der Waals surface area contributed by atoms with Gasteiger partial charge in [0.05, 0.1) is 0 Å². The Morgan fingerprint density at radius 3 is 1.62 bits per heavy atom. The molecule has 7 heteroatoms. The zero-order valence-electron chi connectivity index (χ0n) is 11.3. The zero-order valence-corrected chi connectivity index (χ0v) is 11.3. The third kappa shape index (κ3) is 10.1. The molecule has 1 aromatic rings. The molecule has 0 aliphatic heterocycles. The van der Waals surface area contributed by atoms with E-state index in [4.69, 9.17) is 20.4 Å². The van der Waals surface area contributed by atoms with E-state index in [9.17, 15) is 14.4 Å². The maximum Gasteiger partial charge on any atom is 0.337 e. The Hall–Kier alpha value is -2.41. The lowest BCUT2D eigenvalue weighted by molar-refractivity contribution is -0.147. The van der Waals surface area contributed by atoms with Gasteiger partial charge in [0, 0.05) is 12.8 Å². The highest BCUT2D eigenvalue weighted by Gasteiger charge is 2.14. The molecule has 7 nitrogen and oxygen atoms in total. The van der Waals surface area contributed by atoms with E-state index >= 15 is 0 Å². The number of rotatable bonds is 7. The Kier molecular flexibility index (Phi) is 9.19. The van der Waals surface area contributed by atoms with E-state index in [-0.39, 0.29) is 12.8 Å². The van der Waals surface area contributed by atoms with Crippen LogP contribution in [0.15, 0.2) is 30.3 Å². The molecular weight excluding hydrogens is 280 g/mol. The Bertz CT molecular complexity index is 440. The van der Waals surface area contributed by atoms with Crippen molar-refractivity contribution >= 4 is 17.9 Å². The molecule has 1 rings (SSSR count). The summed E-state index contributed by atoms with van der Waals surface area (Å²) in [6, 6.07) is 8.26. The molecule has 1 unspecified atom stereocenters. The summed E-state index contributed by atoms with van der Waals surface area (Å²) in [7, 11) is 0. The maximum atomic E-state index is 10.2. The van der Waals surface area contributed by atoms with Crippen LogP contribution < -0.4 is 0 Å². The molecular formula is C14H18O7. The van der Waals surface area contributed by atoms with Gasteiger partial charge in [-0.15, -0.1) is 0 Å². The third-order valence-electron chi connectivity index (χ3n) is 2.38. The number of hydrogen-bond donors (Lipinski definition) is 4. The smallest absolute Gasteiger partial charge is 0.337 e. The van der Waals surface area contributed by atoms with Crippen molar-refractivity contribution in [3.8, 4) is 0 Å². The van der Waals surface area contributed by atoms with Crippen LogP contribution in [0.3, 0.4) is 0 Å². The first-order valence-electron chi connectivity index (χ1n) is 6.24. The summed E-state index contributed by atoms with van der Waals surface area (Å²) in [5, 5.41) is 33.6. The number of unbranched alkanes of at least 4 members (excludes halogenated alkanes) is 1. The summed E-state index contributed by atoms with van der Waals surface area (Å²) in [4.78, 5) is 30.0. The van der Waals surface area contributed by atoms with Crippen LogP contribution in [0.25, 0.3) is 0 Å². The predicted molar refractivity (Wildman–Crippen MR) is 72.8 cm³/mol. The van der Waals surface area contributed by atoms with Crippen LogP contribution in [0.5, 0.6) is 0 Å². The van der Waals surface area contributed by atoms with Gasteiger partial charge >= 0.3 is 17.9 Å². The van der Waals surface area contributed by atoms with Gasteiger partial charge in [-0.2, -0.15) is 0 Å². The maximum absolute atomic E-state index is 10.2. The first kappa shape index (κ1) is 18.6. The lowest BCUT2D eigenvalue weighted by atomic mass is 10.1. The summed E-state index contributed by atoms with van der Waals surface area (Å²) in [6.07, 6.45) is -0.389. The van der Waals surface area contributed by atoms with Crippen LogP contribution in [0.4, 0.5) is 0 Å². The van der Waals surface area contributed by atoms with Gasteiger partial charge < -0.3 is 20.4 Å². The number of aliphatic carboxylic acids is 3. The molecule has 1 aromatic carbocycles. The van der Waals surface area contributed by atoms with Crippen LogP contribution in [0.1, 0.15) is 37.4 Å². The Labute approximate surface area is 121 Å². The molecule has 0 spiro atoms. The first-order valence-corrected chi connectivity index (χ1v) is 6.24. The number of aliphatic hydroxyl groups is 1. The molecule has 4 N–H and O–H groups in total. The van der Waals surface area contributed by atoms with Crippen molar-refractivity contribution < 1.29 is 34.8 Å². The summed E-state index contributed by atoms with van der Waals surface area (Å²) < 4.78 is 0. The van der Waals surface area contributed by atoms with Crippen molar-refractivity contribution in [3.05, 3.63) is 35.9 Å². The van der Waals surface area contributed by atoms with Crippen molar-refractivity contribution in [2.45, 2.75) is 31.8 Å². The second-order valence-electron chi connectivity index (χ2n) is 4.15. The van der Waals surface area contributed by atoms with Crippen molar-refractivity contribution in [2.75, 3.05) is 0 Å². The molecule has 0 saturated heterocycles. The average Bonchev–Trinajstić information content (AvgIpc) is 2.44. The Balaban J connectivity index is 0.000000384. The van der Waals surface area contributed by atoms with E-state index in [1.54, 1.807) is 30.3 Å². The van der Waals surface area contributed by atoms with Gasteiger partial charge in [-0.3, -0.25) is 9.59 Å². The highest BCUT2D eigenvalue weighted by molar-refractivity contribution is 5.73. The molecule has 116 valence electrons. The molecule has 1 atom stereocenters. The van der Waals surface area contributed by atoms with Crippen LogP contribution in [-0.4, -0.2) is 38.3 Å². The minimum Gasteiger partial charge on any atom is -0.481 e. The molecule has 0 bridgehead atoms. The summed E-state index contributed by atoms with van der Waals surface area (Å²) in [5.74, 6) is -2.97. The number of hydrogen-bond acceptors (Lipinski definition) is 4. The van der Waals surface area contributed by atoms with E-state index in [0.29, 0.717) is 18.4 Å². The Morgan fingerprint density at radius 2 is 1.29 bits per heavy atom. The van der Waals surface area contributed by atoms with Gasteiger partial charge in [-0.1, -0.05) is 30.3 Å². The van der Waals surface area contributed by atoms with E-state index < -0.39 is 24.0 Å². The SMILES string of the molecule is O=C(O)C(O)c1ccccc1.O=C(O)CCCCC(=O)O. The van der Waals surface area contributed by atoms with Gasteiger partial charge in [0.2, 0.25) is 0 Å².